The maximum atomic E-state index is 6.06. The van der Waals surface area contributed by atoms with Gasteiger partial charge >= 0.3 is 0 Å². The zero-order chi connectivity index (χ0) is 14.1. The van der Waals surface area contributed by atoms with Crippen molar-refractivity contribution in [2.24, 2.45) is 0 Å². The summed E-state index contributed by atoms with van der Waals surface area (Å²) in [5.74, 6) is 0.707. The molecule has 1 aromatic carbocycles. The third-order valence-corrected chi connectivity index (χ3v) is 4.11. The third kappa shape index (κ3) is 2.30. The highest BCUT2D eigenvalue weighted by Gasteiger charge is 2.12. The van der Waals surface area contributed by atoms with Gasteiger partial charge in [0, 0.05) is 20.9 Å². The monoisotopic (exact) mass is 281 g/mol. The number of hydrogen-bond donors (Lipinski definition) is 1. The third-order valence-electron chi connectivity index (χ3n) is 3.15. The number of anilines is 1. The lowest BCUT2D eigenvalue weighted by molar-refractivity contribution is 1.18. The van der Waals surface area contributed by atoms with E-state index >= 15 is 0 Å². The Morgan fingerprint density at radius 3 is 2.50 bits per heavy atom. The van der Waals surface area contributed by atoms with Gasteiger partial charge in [0.2, 0.25) is 0 Å². The van der Waals surface area contributed by atoms with Gasteiger partial charge < -0.3 is 5.73 Å². The van der Waals surface area contributed by atoms with Gasteiger partial charge in [0.1, 0.15) is 0 Å². The summed E-state index contributed by atoms with van der Waals surface area (Å²) in [6.07, 6.45) is 1.69. The number of aromatic nitrogens is 2. The Balaban J connectivity index is 2.15. The van der Waals surface area contributed by atoms with Crippen molar-refractivity contribution >= 4 is 17.0 Å². The summed E-state index contributed by atoms with van der Waals surface area (Å²) in [6, 6.07) is 12.1. The van der Waals surface area contributed by atoms with Crippen molar-refractivity contribution in [3.05, 3.63) is 52.3 Å². The molecule has 3 rings (SSSR count). The first kappa shape index (κ1) is 12.8. The molecule has 0 bridgehead atoms. The van der Waals surface area contributed by atoms with Crippen LogP contribution in [0.5, 0.6) is 0 Å². The summed E-state index contributed by atoms with van der Waals surface area (Å²) in [5, 5.41) is 0. The van der Waals surface area contributed by atoms with E-state index in [1.54, 1.807) is 17.5 Å². The zero-order valence-corrected chi connectivity index (χ0v) is 12.2. The van der Waals surface area contributed by atoms with Crippen LogP contribution in [0, 0.1) is 13.8 Å². The second-order valence-electron chi connectivity index (χ2n) is 4.69. The van der Waals surface area contributed by atoms with E-state index in [9.17, 15) is 0 Å². The summed E-state index contributed by atoms with van der Waals surface area (Å²) in [4.78, 5) is 11.5. The number of nitrogen functional groups attached to an aromatic ring is 1. The van der Waals surface area contributed by atoms with E-state index in [0.29, 0.717) is 11.5 Å². The lowest BCUT2D eigenvalue weighted by Gasteiger charge is -2.07. The molecule has 3 nitrogen and oxygen atoms in total. The largest absolute Gasteiger partial charge is 0.396 e. The highest BCUT2D eigenvalue weighted by Crippen LogP contribution is 2.33. The van der Waals surface area contributed by atoms with E-state index < -0.39 is 0 Å². The molecule has 0 saturated carbocycles. The smallest absolute Gasteiger partial charge is 0.159 e. The predicted molar refractivity (Wildman–Crippen MR) is 84.7 cm³/mol. The number of aryl methyl sites for hydroxylation is 2. The molecule has 0 fully saturated rings. The highest BCUT2D eigenvalue weighted by atomic mass is 32.1. The van der Waals surface area contributed by atoms with Crippen molar-refractivity contribution < 1.29 is 0 Å². The van der Waals surface area contributed by atoms with Crippen molar-refractivity contribution in [1.82, 2.24) is 9.97 Å². The molecule has 0 aliphatic heterocycles. The fourth-order valence-electron chi connectivity index (χ4n) is 2.20. The molecule has 20 heavy (non-hydrogen) atoms. The molecule has 0 saturated heterocycles. The Labute approximate surface area is 122 Å². The van der Waals surface area contributed by atoms with Crippen LogP contribution in [0.15, 0.2) is 42.6 Å². The van der Waals surface area contributed by atoms with Crippen LogP contribution in [-0.4, -0.2) is 9.97 Å². The van der Waals surface area contributed by atoms with Crippen molar-refractivity contribution in [3.8, 4) is 22.6 Å². The summed E-state index contributed by atoms with van der Waals surface area (Å²) in [5.41, 5.74) is 9.59. The van der Waals surface area contributed by atoms with Gasteiger partial charge in [0.25, 0.3) is 0 Å². The quantitative estimate of drug-likeness (QED) is 0.770. The summed E-state index contributed by atoms with van der Waals surface area (Å²) in [7, 11) is 0. The van der Waals surface area contributed by atoms with E-state index in [2.05, 4.69) is 29.9 Å². The number of nitrogens with two attached hydrogens (primary N) is 1. The molecule has 0 aliphatic carbocycles. The second kappa shape index (κ2) is 5.06. The van der Waals surface area contributed by atoms with Crippen LogP contribution in [0.25, 0.3) is 22.6 Å². The number of rotatable bonds is 2. The lowest BCUT2D eigenvalue weighted by Crippen LogP contribution is -1.98. The van der Waals surface area contributed by atoms with Gasteiger partial charge in [-0.2, -0.15) is 0 Å². The van der Waals surface area contributed by atoms with E-state index in [4.69, 9.17) is 5.73 Å². The molecule has 2 heterocycles. The van der Waals surface area contributed by atoms with E-state index in [1.165, 1.54) is 9.75 Å². The SMILES string of the molecule is Cc1cc(-c2nc(-c3ccccc3)ncc2N)c(C)s1. The fourth-order valence-corrected chi connectivity index (χ4v) is 3.12. The Morgan fingerprint density at radius 2 is 1.85 bits per heavy atom. The molecule has 2 aromatic heterocycles. The minimum Gasteiger partial charge on any atom is -0.396 e. The van der Waals surface area contributed by atoms with Crippen LogP contribution in [0.4, 0.5) is 5.69 Å². The fraction of sp³-hybridized carbons (Fsp3) is 0.125. The van der Waals surface area contributed by atoms with Crippen molar-refractivity contribution in [2.45, 2.75) is 13.8 Å². The van der Waals surface area contributed by atoms with Gasteiger partial charge in [-0.3, -0.25) is 0 Å². The van der Waals surface area contributed by atoms with E-state index in [1.807, 2.05) is 30.3 Å². The van der Waals surface area contributed by atoms with Gasteiger partial charge in [0.05, 0.1) is 17.6 Å². The molecule has 0 unspecified atom stereocenters. The number of hydrogen-bond acceptors (Lipinski definition) is 4. The van der Waals surface area contributed by atoms with Crippen molar-refractivity contribution in [2.75, 3.05) is 5.73 Å². The van der Waals surface area contributed by atoms with Crippen LogP contribution >= 0.6 is 11.3 Å². The predicted octanol–water partition coefficient (Wildman–Crippen LogP) is 4.07. The molecule has 3 aromatic rings. The van der Waals surface area contributed by atoms with E-state index in [0.717, 1.165) is 16.8 Å². The molecule has 0 aliphatic rings. The van der Waals surface area contributed by atoms with Crippen LogP contribution < -0.4 is 5.73 Å². The summed E-state index contributed by atoms with van der Waals surface area (Å²) >= 11 is 1.76. The first-order valence-corrected chi connectivity index (χ1v) is 7.22. The maximum Gasteiger partial charge on any atom is 0.159 e. The van der Waals surface area contributed by atoms with Crippen LogP contribution in [0.2, 0.25) is 0 Å². The normalized spacial score (nSPS) is 10.7. The van der Waals surface area contributed by atoms with E-state index in [-0.39, 0.29) is 0 Å². The first-order chi connectivity index (χ1) is 9.65. The Kier molecular flexibility index (Phi) is 3.24. The lowest BCUT2D eigenvalue weighted by atomic mass is 10.1. The minimum atomic E-state index is 0.616. The number of thiophene rings is 1. The summed E-state index contributed by atoms with van der Waals surface area (Å²) < 4.78 is 0. The molecule has 100 valence electrons. The van der Waals surface area contributed by atoms with Crippen LogP contribution in [0.1, 0.15) is 9.75 Å². The average molecular weight is 281 g/mol. The molecule has 0 spiro atoms. The van der Waals surface area contributed by atoms with Gasteiger partial charge in [-0.25, -0.2) is 9.97 Å². The minimum absolute atomic E-state index is 0.616. The molecule has 0 radical (unpaired) electrons. The van der Waals surface area contributed by atoms with Gasteiger partial charge in [-0.15, -0.1) is 11.3 Å². The number of nitrogens with zero attached hydrogens (tertiary/aromatic N) is 2. The Morgan fingerprint density at radius 1 is 1.10 bits per heavy atom. The van der Waals surface area contributed by atoms with Gasteiger partial charge in [-0.05, 0) is 19.9 Å². The molecular formula is C16H15N3S. The molecule has 0 amide bonds. The van der Waals surface area contributed by atoms with Crippen LogP contribution in [-0.2, 0) is 0 Å². The van der Waals surface area contributed by atoms with Crippen molar-refractivity contribution in [1.29, 1.82) is 0 Å². The van der Waals surface area contributed by atoms with Crippen LogP contribution in [0.3, 0.4) is 0 Å². The zero-order valence-electron chi connectivity index (χ0n) is 11.4. The molecule has 4 heteroatoms. The Hall–Kier alpha value is -2.20. The highest BCUT2D eigenvalue weighted by molar-refractivity contribution is 7.12. The van der Waals surface area contributed by atoms with Gasteiger partial charge in [0.15, 0.2) is 5.82 Å². The first-order valence-electron chi connectivity index (χ1n) is 6.40. The topological polar surface area (TPSA) is 51.8 Å². The molecule has 0 atom stereocenters. The van der Waals surface area contributed by atoms with Crippen molar-refractivity contribution in [3.63, 3.8) is 0 Å². The maximum absolute atomic E-state index is 6.06. The Bertz CT molecular complexity index is 748. The number of benzene rings is 1. The molecule has 2 N–H and O–H groups in total. The summed E-state index contributed by atoms with van der Waals surface area (Å²) in [6.45, 7) is 4.19. The molecular weight excluding hydrogens is 266 g/mol. The van der Waals surface area contributed by atoms with Gasteiger partial charge in [-0.1, -0.05) is 30.3 Å². The second-order valence-corrected chi connectivity index (χ2v) is 6.15. The average Bonchev–Trinajstić information content (AvgIpc) is 2.79. The standard InChI is InChI=1S/C16H15N3S/c1-10-8-13(11(2)20-10)15-14(17)9-18-16(19-15)12-6-4-3-5-7-12/h3-9H,17H2,1-2H3.